The van der Waals surface area contributed by atoms with E-state index in [2.05, 4.69) is 15.2 Å². The molecule has 1 aliphatic heterocycles. The van der Waals surface area contributed by atoms with Crippen molar-refractivity contribution in [2.75, 3.05) is 24.2 Å². The van der Waals surface area contributed by atoms with Crippen molar-refractivity contribution in [2.24, 2.45) is 5.92 Å². The third kappa shape index (κ3) is 5.91. The molecule has 0 saturated carbocycles. The Morgan fingerprint density at radius 2 is 1.90 bits per heavy atom. The number of carbonyl (C=O) groups is 1. The summed E-state index contributed by atoms with van der Waals surface area (Å²) in [5, 5.41) is 13.7. The van der Waals surface area contributed by atoms with Gasteiger partial charge in [0.2, 0.25) is 0 Å². The highest BCUT2D eigenvalue weighted by Crippen LogP contribution is 2.26. The van der Waals surface area contributed by atoms with Gasteiger partial charge in [0.1, 0.15) is 5.82 Å². The van der Waals surface area contributed by atoms with Crippen LogP contribution in [0.15, 0.2) is 65.7 Å². The Balaban J connectivity index is 1.33. The molecule has 0 bridgehead atoms. The van der Waals surface area contributed by atoms with Gasteiger partial charge in [-0.15, -0.1) is 0 Å². The summed E-state index contributed by atoms with van der Waals surface area (Å²) in [5.74, 6) is 0.660. The molecule has 4 heterocycles. The lowest BCUT2D eigenvalue weighted by Crippen LogP contribution is -2.42. The molecule has 2 atom stereocenters. The Kier molecular flexibility index (Phi) is 7.33. The molecule has 1 fully saturated rings. The highest BCUT2D eigenvalue weighted by molar-refractivity contribution is 7.90. The Labute approximate surface area is 227 Å². The number of aliphatic hydroxyl groups is 1. The average Bonchev–Trinajstić information content (AvgIpc) is 2.92. The van der Waals surface area contributed by atoms with Crippen LogP contribution in [-0.2, 0) is 16.4 Å². The van der Waals surface area contributed by atoms with Crippen LogP contribution in [0.4, 0.5) is 5.82 Å². The zero-order valence-corrected chi connectivity index (χ0v) is 22.9. The fourth-order valence-corrected chi connectivity index (χ4v) is 5.79. The van der Waals surface area contributed by atoms with Gasteiger partial charge >= 0.3 is 0 Å². The molecule has 0 radical (unpaired) electrons. The average molecular weight is 546 g/mol. The van der Waals surface area contributed by atoms with Gasteiger partial charge in [-0.2, -0.15) is 0 Å². The number of anilines is 1. The van der Waals surface area contributed by atoms with Gasteiger partial charge in [-0.3, -0.25) is 9.78 Å². The van der Waals surface area contributed by atoms with Gasteiger partial charge in [-0.25, -0.2) is 18.4 Å². The van der Waals surface area contributed by atoms with E-state index in [9.17, 15) is 18.3 Å². The van der Waals surface area contributed by atoms with E-state index >= 15 is 0 Å². The number of aromatic nitrogens is 3. The van der Waals surface area contributed by atoms with Crippen molar-refractivity contribution in [3.8, 4) is 11.4 Å². The Bertz CT molecular complexity index is 1660. The smallest absolute Gasteiger partial charge is 0.251 e. The van der Waals surface area contributed by atoms with E-state index in [-0.39, 0.29) is 34.9 Å². The second kappa shape index (κ2) is 10.7. The van der Waals surface area contributed by atoms with Gasteiger partial charge in [0.25, 0.3) is 5.91 Å². The van der Waals surface area contributed by atoms with Crippen molar-refractivity contribution in [2.45, 2.75) is 37.8 Å². The van der Waals surface area contributed by atoms with Crippen LogP contribution in [-0.4, -0.2) is 59.8 Å². The molecule has 1 aliphatic rings. The second-order valence-corrected chi connectivity index (χ2v) is 12.1. The summed E-state index contributed by atoms with van der Waals surface area (Å²) in [6.07, 6.45) is 3.28. The van der Waals surface area contributed by atoms with E-state index in [0.717, 1.165) is 53.9 Å². The quantitative estimate of drug-likeness (QED) is 0.377. The van der Waals surface area contributed by atoms with Crippen LogP contribution < -0.4 is 10.2 Å². The van der Waals surface area contributed by atoms with Crippen LogP contribution in [0, 0.1) is 12.8 Å². The van der Waals surface area contributed by atoms with E-state index in [4.69, 9.17) is 9.97 Å². The number of nitrogens with zero attached hydrogens (tertiary/aromatic N) is 4. The molecule has 1 amide bonds. The third-order valence-corrected chi connectivity index (χ3v) is 8.33. The highest BCUT2D eigenvalue weighted by atomic mass is 32.2. The van der Waals surface area contributed by atoms with Crippen molar-refractivity contribution in [1.82, 2.24) is 20.3 Å². The minimum Gasteiger partial charge on any atom is -0.393 e. The van der Waals surface area contributed by atoms with Gasteiger partial charge in [0.15, 0.2) is 9.84 Å². The van der Waals surface area contributed by atoms with Crippen molar-refractivity contribution >= 4 is 32.5 Å². The van der Waals surface area contributed by atoms with Crippen molar-refractivity contribution < 1.29 is 18.3 Å². The van der Waals surface area contributed by atoms with Crippen LogP contribution in [0.25, 0.3) is 22.3 Å². The van der Waals surface area contributed by atoms with E-state index in [1.54, 1.807) is 25.3 Å². The zero-order chi connectivity index (χ0) is 27.7. The minimum absolute atomic E-state index is 0.140. The number of carbonyl (C=O) groups excluding carboxylic acids is 1. The molecule has 5 rings (SSSR count). The van der Waals surface area contributed by atoms with Gasteiger partial charge in [0, 0.05) is 36.5 Å². The summed E-state index contributed by atoms with van der Waals surface area (Å²) in [6, 6.07) is 16.2. The molecule has 2 N–H and O–H groups in total. The van der Waals surface area contributed by atoms with Gasteiger partial charge < -0.3 is 15.3 Å². The Morgan fingerprint density at radius 3 is 2.67 bits per heavy atom. The number of rotatable bonds is 6. The Morgan fingerprint density at radius 1 is 1.10 bits per heavy atom. The number of benzene rings is 1. The van der Waals surface area contributed by atoms with Crippen LogP contribution in [0.5, 0.6) is 0 Å². The first kappa shape index (κ1) is 26.7. The summed E-state index contributed by atoms with van der Waals surface area (Å²) in [5.41, 5.74) is 3.69. The second-order valence-electron chi connectivity index (χ2n) is 10.2. The predicted octanol–water partition coefficient (Wildman–Crippen LogP) is 3.54. The van der Waals surface area contributed by atoms with E-state index in [0.29, 0.717) is 11.3 Å². The monoisotopic (exact) mass is 545 g/mol. The highest BCUT2D eigenvalue weighted by Gasteiger charge is 2.25. The zero-order valence-electron chi connectivity index (χ0n) is 22.1. The topological polar surface area (TPSA) is 125 Å². The number of hydrogen-bond donors (Lipinski definition) is 2. The van der Waals surface area contributed by atoms with Gasteiger partial charge in [0.05, 0.1) is 40.1 Å². The molecule has 0 aliphatic carbocycles. The van der Waals surface area contributed by atoms with Crippen LogP contribution in [0.2, 0.25) is 0 Å². The fraction of sp³-hybridized carbons (Fsp3) is 0.310. The van der Waals surface area contributed by atoms with E-state index in [1.807, 2.05) is 43.3 Å². The minimum atomic E-state index is -3.44. The summed E-state index contributed by atoms with van der Waals surface area (Å²) in [6.45, 7) is 5.42. The number of amides is 1. The number of fused-ring (bicyclic) bond motifs is 1. The molecular formula is C29H31N5O4S. The normalized spacial score (nSPS) is 17.8. The molecule has 1 saturated heterocycles. The standard InChI is InChI=1S/C29H31N5O4S/c1-18-7-8-20(13-27(18)39(3,37)38)29(36)31-16-22-14-25-21(15-30-22)9-10-24(32-25)23-5-4-6-28(33-23)34-12-11-26(35)19(2)17-34/h4-10,13-15,19,26,35H,11-12,16-17H2,1-3H3,(H,31,36)/t19-,26+/m1/s1. The maximum Gasteiger partial charge on any atom is 0.251 e. The predicted molar refractivity (Wildman–Crippen MR) is 150 cm³/mol. The maximum absolute atomic E-state index is 12.7. The summed E-state index contributed by atoms with van der Waals surface area (Å²) in [7, 11) is -3.44. The summed E-state index contributed by atoms with van der Waals surface area (Å²) < 4.78 is 24.0. The first-order chi connectivity index (χ1) is 18.6. The SMILES string of the molecule is Cc1ccc(C(=O)NCc2cc3nc(-c4cccc(N5CC[C@H](O)[C@H](C)C5)n4)ccc3cn2)cc1S(C)(=O)=O. The largest absolute Gasteiger partial charge is 0.393 e. The molecule has 39 heavy (non-hydrogen) atoms. The van der Waals surface area contributed by atoms with E-state index in [1.165, 1.54) is 6.07 Å². The molecule has 3 aromatic heterocycles. The summed E-state index contributed by atoms with van der Waals surface area (Å²) in [4.78, 5) is 29.2. The van der Waals surface area contributed by atoms with E-state index < -0.39 is 9.84 Å². The number of piperidine rings is 1. The van der Waals surface area contributed by atoms with Crippen LogP contribution in [0.1, 0.15) is 35.0 Å². The fourth-order valence-electron chi connectivity index (χ4n) is 4.79. The molecule has 9 nitrogen and oxygen atoms in total. The molecular weight excluding hydrogens is 514 g/mol. The molecule has 4 aromatic rings. The Hall–Kier alpha value is -3.89. The maximum atomic E-state index is 12.7. The first-order valence-corrected chi connectivity index (χ1v) is 14.7. The van der Waals surface area contributed by atoms with Crippen molar-refractivity contribution in [3.05, 3.63) is 77.6 Å². The number of aryl methyl sites for hydroxylation is 1. The van der Waals surface area contributed by atoms with Crippen molar-refractivity contribution in [3.63, 3.8) is 0 Å². The summed E-state index contributed by atoms with van der Waals surface area (Å²) >= 11 is 0. The number of sulfone groups is 1. The molecule has 202 valence electrons. The first-order valence-electron chi connectivity index (χ1n) is 12.8. The van der Waals surface area contributed by atoms with Gasteiger partial charge in [-0.1, -0.05) is 19.1 Å². The van der Waals surface area contributed by atoms with Gasteiger partial charge in [-0.05, 0) is 67.3 Å². The number of aliphatic hydroxyl groups excluding tert-OH is 1. The number of pyridine rings is 3. The molecule has 0 unspecified atom stereocenters. The molecule has 1 aromatic carbocycles. The van der Waals surface area contributed by atoms with Crippen molar-refractivity contribution in [1.29, 1.82) is 0 Å². The lowest BCUT2D eigenvalue weighted by molar-refractivity contribution is 0.0949. The third-order valence-electron chi connectivity index (χ3n) is 7.09. The molecule has 0 spiro atoms. The van der Waals surface area contributed by atoms with Crippen LogP contribution >= 0.6 is 0 Å². The molecule has 10 heteroatoms. The number of nitrogens with one attached hydrogen (secondary N) is 1. The lowest BCUT2D eigenvalue weighted by Gasteiger charge is -2.35. The van der Waals surface area contributed by atoms with Crippen LogP contribution in [0.3, 0.4) is 0 Å². The number of hydrogen-bond acceptors (Lipinski definition) is 8. The lowest BCUT2D eigenvalue weighted by atomic mass is 9.97.